The summed E-state index contributed by atoms with van der Waals surface area (Å²) in [5.41, 5.74) is -2.92. The molecule has 176 valence electrons. The minimum absolute atomic E-state index is 0.153. The zero-order valence-electron chi connectivity index (χ0n) is 15.4. The number of halogens is 9. The zero-order chi connectivity index (χ0) is 24.7. The second-order valence-electron chi connectivity index (χ2n) is 6.13. The molecule has 2 aromatic carbocycles. The Bertz CT molecular complexity index is 1300. The quantitative estimate of drug-likeness (QED) is 0.254. The van der Waals surface area contributed by atoms with Crippen molar-refractivity contribution in [3.8, 4) is 11.6 Å². The molecule has 5 nitrogen and oxygen atoms in total. The van der Waals surface area contributed by atoms with Gasteiger partial charge in [0, 0.05) is 6.20 Å². The molecule has 0 saturated heterocycles. The molecular formula is C18H7ClF8N2O3S. The molecule has 1 aromatic heterocycles. The number of sulfonamides is 1. The molecule has 1 N–H and O–H groups in total. The average Bonchev–Trinajstić information content (AvgIpc) is 2.75. The third-order valence-electron chi connectivity index (χ3n) is 3.93. The highest BCUT2D eigenvalue weighted by Crippen LogP contribution is 2.35. The van der Waals surface area contributed by atoms with Gasteiger partial charge in [-0.2, -0.15) is 13.2 Å². The Hall–Kier alpha value is -3.13. The lowest BCUT2D eigenvalue weighted by molar-refractivity contribution is -0.137. The summed E-state index contributed by atoms with van der Waals surface area (Å²) in [6.07, 6.45) is -4.25. The lowest BCUT2D eigenvalue weighted by atomic mass is 10.2. The van der Waals surface area contributed by atoms with Gasteiger partial charge in [-0.05, 0) is 30.3 Å². The van der Waals surface area contributed by atoms with Crippen LogP contribution in [0.25, 0.3) is 0 Å². The first-order valence-corrected chi connectivity index (χ1v) is 10.1. The van der Waals surface area contributed by atoms with Gasteiger partial charge in [0.15, 0.2) is 23.3 Å². The number of anilines is 1. The standard InChI is InChI=1S/C18H7ClF8N2O3S/c19-10-5-7(18(25,26)27)6-28-17(10)32-8-1-3-9(4-2-8)33(30,31)29-16-14(23)12(21)11(20)13(22)15(16)24/h1-6,29H. The molecule has 0 bridgehead atoms. The summed E-state index contributed by atoms with van der Waals surface area (Å²) in [5.74, 6) is -12.5. The molecule has 0 fully saturated rings. The van der Waals surface area contributed by atoms with Crippen molar-refractivity contribution in [2.24, 2.45) is 0 Å². The van der Waals surface area contributed by atoms with E-state index in [2.05, 4.69) is 4.98 Å². The van der Waals surface area contributed by atoms with Crippen molar-refractivity contribution in [3.05, 3.63) is 76.2 Å². The molecule has 0 unspecified atom stereocenters. The maximum Gasteiger partial charge on any atom is 0.417 e. The fourth-order valence-electron chi connectivity index (χ4n) is 2.34. The molecule has 15 heteroatoms. The van der Waals surface area contributed by atoms with Crippen LogP contribution >= 0.6 is 11.6 Å². The van der Waals surface area contributed by atoms with E-state index in [0.717, 1.165) is 24.3 Å². The SMILES string of the molecule is O=S(=O)(Nc1c(F)c(F)c(F)c(F)c1F)c1ccc(Oc2ncc(C(F)(F)F)cc2Cl)cc1. The van der Waals surface area contributed by atoms with E-state index in [1.165, 1.54) is 4.72 Å². The summed E-state index contributed by atoms with van der Waals surface area (Å²) in [7, 11) is -4.83. The molecular weight excluding hydrogens is 512 g/mol. The average molecular weight is 519 g/mol. The van der Waals surface area contributed by atoms with E-state index in [0.29, 0.717) is 12.3 Å². The van der Waals surface area contributed by atoms with E-state index in [1.54, 1.807) is 0 Å². The number of rotatable bonds is 5. The molecule has 1 heterocycles. The van der Waals surface area contributed by atoms with Crippen LogP contribution < -0.4 is 9.46 Å². The van der Waals surface area contributed by atoms with Crippen LogP contribution in [0.15, 0.2) is 41.4 Å². The molecule has 0 amide bonds. The lowest BCUT2D eigenvalue weighted by Gasteiger charge is -2.12. The second kappa shape index (κ2) is 8.67. The van der Waals surface area contributed by atoms with Crippen LogP contribution in [0.2, 0.25) is 5.02 Å². The first-order chi connectivity index (χ1) is 15.2. The first kappa shape index (κ1) is 24.5. The number of pyridine rings is 1. The van der Waals surface area contributed by atoms with E-state index in [1.807, 2.05) is 0 Å². The Morgan fingerprint density at radius 1 is 0.879 bits per heavy atom. The van der Waals surface area contributed by atoms with Gasteiger partial charge in [0.25, 0.3) is 10.0 Å². The van der Waals surface area contributed by atoms with Gasteiger partial charge in [0.1, 0.15) is 16.5 Å². The van der Waals surface area contributed by atoms with Crippen LogP contribution in [0.3, 0.4) is 0 Å². The van der Waals surface area contributed by atoms with E-state index < -0.39 is 72.3 Å². The summed E-state index contributed by atoms with van der Waals surface area (Å²) in [6.45, 7) is 0. The molecule has 0 radical (unpaired) electrons. The first-order valence-electron chi connectivity index (χ1n) is 8.27. The maximum atomic E-state index is 13.7. The van der Waals surface area contributed by atoms with Crippen molar-refractivity contribution in [2.45, 2.75) is 11.1 Å². The topological polar surface area (TPSA) is 68.3 Å². The lowest BCUT2D eigenvalue weighted by Crippen LogP contribution is -2.17. The van der Waals surface area contributed by atoms with Gasteiger partial charge in [0.05, 0.1) is 10.5 Å². The molecule has 3 aromatic rings. The minimum atomic E-state index is -4.83. The Balaban J connectivity index is 1.85. The van der Waals surface area contributed by atoms with Gasteiger partial charge in [-0.3, -0.25) is 4.72 Å². The van der Waals surface area contributed by atoms with Crippen molar-refractivity contribution < 1.29 is 48.3 Å². The second-order valence-corrected chi connectivity index (χ2v) is 8.22. The molecule has 0 saturated carbocycles. The number of alkyl halides is 3. The predicted octanol–water partition coefficient (Wildman–Crippen LogP) is 6.04. The fraction of sp³-hybridized carbons (Fsp3) is 0.0556. The maximum absolute atomic E-state index is 13.7. The number of ether oxygens (including phenoxy) is 1. The molecule has 0 atom stereocenters. The monoisotopic (exact) mass is 518 g/mol. The summed E-state index contributed by atoms with van der Waals surface area (Å²) in [6, 6.07) is 4.14. The summed E-state index contributed by atoms with van der Waals surface area (Å²) < 4.78 is 136. The van der Waals surface area contributed by atoms with Crippen molar-refractivity contribution in [1.82, 2.24) is 4.98 Å². The van der Waals surface area contributed by atoms with Crippen LogP contribution in [0.1, 0.15) is 5.56 Å². The smallest absolute Gasteiger partial charge is 0.417 e. The molecule has 0 aliphatic heterocycles. The Morgan fingerprint density at radius 2 is 1.39 bits per heavy atom. The predicted molar refractivity (Wildman–Crippen MR) is 97.8 cm³/mol. The van der Waals surface area contributed by atoms with Gasteiger partial charge in [0.2, 0.25) is 11.7 Å². The van der Waals surface area contributed by atoms with Crippen molar-refractivity contribution in [1.29, 1.82) is 0 Å². The van der Waals surface area contributed by atoms with Gasteiger partial charge < -0.3 is 4.74 Å². The van der Waals surface area contributed by atoms with Gasteiger partial charge in [-0.1, -0.05) is 11.6 Å². The molecule has 0 spiro atoms. The Kier molecular flexibility index (Phi) is 6.44. The van der Waals surface area contributed by atoms with E-state index in [4.69, 9.17) is 16.3 Å². The highest BCUT2D eigenvalue weighted by atomic mass is 35.5. The van der Waals surface area contributed by atoms with E-state index >= 15 is 0 Å². The highest BCUT2D eigenvalue weighted by Gasteiger charge is 2.32. The zero-order valence-corrected chi connectivity index (χ0v) is 17.0. The molecule has 0 aliphatic carbocycles. The van der Waals surface area contributed by atoms with Crippen LogP contribution in [0.4, 0.5) is 40.8 Å². The summed E-state index contributed by atoms with van der Waals surface area (Å²) in [5, 5.41) is -0.505. The van der Waals surface area contributed by atoms with Crippen LogP contribution in [0, 0.1) is 29.1 Å². The highest BCUT2D eigenvalue weighted by molar-refractivity contribution is 7.92. The Labute approximate surface area is 184 Å². The minimum Gasteiger partial charge on any atom is -0.438 e. The molecule has 33 heavy (non-hydrogen) atoms. The van der Waals surface area contributed by atoms with E-state index in [-0.39, 0.29) is 5.75 Å². The Morgan fingerprint density at radius 3 is 1.88 bits per heavy atom. The number of hydrogen-bond acceptors (Lipinski definition) is 4. The summed E-state index contributed by atoms with van der Waals surface area (Å²) >= 11 is 5.69. The number of aromatic nitrogens is 1. The summed E-state index contributed by atoms with van der Waals surface area (Å²) in [4.78, 5) is 2.74. The van der Waals surface area contributed by atoms with Crippen molar-refractivity contribution in [3.63, 3.8) is 0 Å². The third kappa shape index (κ3) is 4.95. The molecule has 0 aliphatic rings. The third-order valence-corrected chi connectivity index (χ3v) is 5.57. The van der Waals surface area contributed by atoms with Gasteiger partial charge in [-0.15, -0.1) is 0 Å². The number of hydrogen-bond donors (Lipinski definition) is 1. The normalized spacial score (nSPS) is 12.0. The number of benzene rings is 2. The van der Waals surface area contributed by atoms with Crippen LogP contribution in [0.5, 0.6) is 11.6 Å². The largest absolute Gasteiger partial charge is 0.438 e. The van der Waals surface area contributed by atoms with E-state index in [9.17, 15) is 43.5 Å². The number of nitrogens with one attached hydrogen (secondary N) is 1. The molecule has 3 rings (SSSR count). The van der Waals surface area contributed by atoms with Crippen molar-refractivity contribution >= 4 is 27.3 Å². The van der Waals surface area contributed by atoms with Crippen molar-refractivity contribution in [2.75, 3.05) is 4.72 Å². The van der Waals surface area contributed by atoms with Crippen LogP contribution in [-0.2, 0) is 16.2 Å². The van der Waals surface area contributed by atoms with Crippen LogP contribution in [-0.4, -0.2) is 13.4 Å². The number of nitrogens with zero attached hydrogens (tertiary/aromatic N) is 1. The fourth-order valence-corrected chi connectivity index (χ4v) is 3.61. The van der Waals surface area contributed by atoms with Gasteiger partial charge >= 0.3 is 6.18 Å². The van der Waals surface area contributed by atoms with Gasteiger partial charge in [-0.25, -0.2) is 35.4 Å².